The highest BCUT2D eigenvalue weighted by Crippen LogP contribution is 2.29. The van der Waals surface area contributed by atoms with E-state index in [0.29, 0.717) is 5.92 Å². The Morgan fingerprint density at radius 1 is 1.22 bits per heavy atom. The van der Waals surface area contributed by atoms with Crippen LogP contribution in [0.25, 0.3) is 11.0 Å². The summed E-state index contributed by atoms with van der Waals surface area (Å²) in [7, 11) is 1.96. The average molecular weight is 308 g/mol. The van der Waals surface area contributed by atoms with Gasteiger partial charge >= 0.3 is 0 Å². The molecule has 118 valence electrons. The van der Waals surface area contributed by atoms with Crippen molar-refractivity contribution >= 4 is 16.9 Å². The van der Waals surface area contributed by atoms with E-state index in [9.17, 15) is 0 Å². The van der Waals surface area contributed by atoms with Gasteiger partial charge in [-0.3, -0.25) is 9.67 Å². The summed E-state index contributed by atoms with van der Waals surface area (Å²) in [5, 5.41) is 5.60. The molecule has 3 aromatic rings. The fourth-order valence-corrected chi connectivity index (χ4v) is 3.43. The van der Waals surface area contributed by atoms with E-state index in [4.69, 9.17) is 4.98 Å². The maximum absolute atomic E-state index is 4.89. The summed E-state index contributed by atoms with van der Waals surface area (Å²) in [6.07, 6.45) is 7.60. The molecule has 0 N–H and O–H groups in total. The largest absolute Gasteiger partial charge is 0.355 e. The summed E-state index contributed by atoms with van der Waals surface area (Å²) in [5.41, 5.74) is 3.15. The highest BCUT2D eigenvalue weighted by Gasteiger charge is 2.24. The second-order valence-corrected chi connectivity index (χ2v) is 6.17. The molecule has 0 aliphatic carbocycles. The molecule has 1 fully saturated rings. The first-order valence-electron chi connectivity index (χ1n) is 8.03. The zero-order chi connectivity index (χ0) is 15.8. The Bertz CT molecular complexity index is 826. The Balaban J connectivity index is 1.63. The standard InChI is InChI=1S/C17H20N6/c1-12-14-5-6-15(20-17(14)22(2)21-12)13-4-3-9-23(11-13)16-10-18-7-8-19-16/h5-8,10,13H,3-4,9,11H2,1-2H3/t13-/m1/s1. The molecular formula is C17H20N6. The van der Waals surface area contributed by atoms with Crippen LogP contribution in [0.1, 0.15) is 30.1 Å². The first kappa shape index (κ1) is 14.1. The van der Waals surface area contributed by atoms with Gasteiger partial charge in [0.25, 0.3) is 0 Å². The summed E-state index contributed by atoms with van der Waals surface area (Å²) in [6, 6.07) is 4.31. The lowest BCUT2D eigenvalue weighted by atomic mass is 9.94. The zero-order valence-electron chi connectivity index (χ0n) is 13.5. The number of rotatable bonds is 2. The molecule has 0 spiro atoms. The SMILES string of the molecule is Cc1nn(C)c2nc([C@@H]3CCCN(c4cnccn4)C3)ccc12. The minimum Gasteiger partial charge on any atom is -0.355 e. The Morgan fingerprint density at radius 2 is 2.13 bits per heavy atom. The molecule has 0 unspecified atom stereocenters. The monoisotopic (exact) mass is 308 g/mol. The molecule has 1 aliphatic heterocycles. The third kappa shape index (κ3) is 2.54. The number of hydrogen-bond donors (Lipinski definition) is 0. The molecule has 0 aromatic carbocycles. The first-order chi connectivity index (χ1) is 11.2. The van der Waals surface area contributed by atoms with Gasteiger partial charge in [0.15, 0.2) is 5.65 Å². The van der Waals surface area contributed by atoms with Gasteiger partial charge in [-0.25, -0.2) is 9.97 Å². The maximum atomic E-state index is 4.89. The molecule has 3 aromatic heterocycles. The van der Waals surface area contributed by atoms with Crippen LogP contribution in [0.4, 0.5) is 5.82 Å². The summed E-state index contributed by atoms with van der Waals surface area (Å²) in [4.78, 5) is 15.8. The van der Waals surface area contributed by atoms with Crippen molar-refractivity contribution in [1.29, 1.82) is 0 Å². The highest BCUT2D eigenvalue weighted by atomic mass is 15.3. The van der Waals surface area contributed by atoms with Gasteiger partial charge in [-0.1, -0.05) is 0 Å². The van der Waals surface area contributed by atoms with Crippen molar-refractivity contribution in [2.75, 3.05) is 18.0 Å². The lowest BCUT2D eigenvalue weighted by molar-refractivity contribution is 0.498. The van der Waals surface area contributed by atoms with Crippen LogP contribution < -0.4 is 4.90 Å². The third-order valence-corrected chi connectivity index (χ3v) is 4.61. The third-order valence-electron chi connectivity index (χ3n) is 4.61. The summed E-state index contributed by atoms with van der Waals surface area (Å²) < 4.78 is 1.87. The number of piperidine rings is 1. The molecule has 1 aliphatic rings. The minimum atomic E-state index is 0.422. The quantitative estimate of drug-likeness (QED) is 0.728. The van der Waals surface area contributed by atoms with Gasteiger partial charge in [0, 0.05) is 49.5 Å². The van der Waals surface area contributed by atoms with Crippen molar-refractivity contribution in [2.24, 2.45) is 7.05 Å². The second-order valence-electron chi connectivity index (χ2n) is 6.17. The topological polar surface area (TPSA) is 59.7 Å². The molecule has 0 saturated carbocycles. The van der Waals surface area contributed by atoms with Crippen LogP contribution in [-0.4, -0.2) is 37.8 Å². The number of fused-ring (bicyclic) bond motifs is 1. The van der Waals surface area contributed by atoms with E-state index in [2.05, 4.69) is 32.1 Å². The number of aryl methyl sites for hydroxylation is 2. The second kappa shape index (κ2) is 5.61. The van der Waals surface area contributed by atoms with Crippen molar-refractivity contribution in [1.82, 2.24) is 24.7 Å². The lowest BCUT2D eigenvalue weighted by Crippen LogP contribution is -2.35. The molecule has 0 bridgehead atoms. The normalized spacial score (nSPS) is 18.5. The van der Waals surface area contributed by atoms with Gasteiger partial charge in [-0.2, -0.15) is 5.10 Å². The van der Waals surface area contributed by atoms with Crippen molar-refractivity contribution in [2.45, 2.75) is 25.7 Å². The van der Waals surface area contributed by atoms with Crippen molar-refractivity contribution in [3.63, 3.8) is 0 Å². The molecule has 23 heavy (non-hydrogen) atoms. The van der Waals surface area contributed by atoms with Crippen LogP contribution in [0.3, 0.4) is 0 Å². The molecule has 1 saturated heterocycles. The van der Waals surface area contributed by atoms with Crippen molar-refractivity contribution in [3.8, 4) is 0 Å². The summed E-state index contributed by atoms with van der Waals surface area (Å²) in [6.45, 7) is 4.00. The smallest absolute Gasteiger partial charge is 0.158 e. The molecule has 6 heteroatoms. The summed E-state index contributed by atoms with van der Waals surface area (Å²) >= 11 is 0. The van der Waals surface area contributed by atoms with Crippen LogP contribution >= 0.6 is 0 Å². The molecular weight excluding hydrogens is 288 g/mol. The van der Waals surface area contributed by atoms with E-state index in [1.165, 1.54) is 0 Å². The van der Waals surface area contributed by atoms with Crippen LogP contribution in [0.5, 0.6) is 0 Å². The molecule has 6 nitrogen and oxygen atoms in total. The molecule has 0 radical (unpaired) electrons. The average Bonchev–Trinajstić information content (AvgIpc) is 2.90. The Morgan fingerprint density at radius 3 is 2.96 bits per heavy atom. The van der Waals surface area contributed by atoms with Crippen molar-refractivity contribution in [3.05, 3.63) is 42.1 Å². The van der Waals surface area contributed by atoms with Gasteiger partial charge in [0.1, 0.15) is 5.82 Å². The Hall–Kier alpha value is -2.50. The van der Waals surface area contributed by atoms with Gasteiger partial charge in [0.05, 0.1) is 11.9 Å². The minimum absolute atomic E-state index is 0.422. The Kier molecular flexibility index (Phi) is 3.44. The van der Waals surface area contributed by atoms with Crippen LogP contribution in [0.2, 0.25) is 0 Å². The molecule has 4 heterocycles. The van der Waals surface area contributed by atoms with Gasteiger partial charge in [-0.05, 0) is 31.9 Å². The Labute approximate surface area is 135 Å². The number of anilines is 1. The van der Waals surface area contributed by atoms with Crippen LogP contribution in [0, 0.1) is 6.92 Å². The predicted octanol–water partition coefficient (Wildman–Crippen LogP) is 2.45. The van der Waals surface area contributed by atoms with E-state index in [-0.39, 0.29) is 0 Å². The van der Waals surface area contributed by atoms with E-state index in [1.54, 1.807) is 12.4 Å². The number of hydrogen-bond acceptors (Lipinski definition) is 5. The first-order valence-corrected chi connectivity index (χ1v) is 8.03. The van der Waals surface area contributed by atoms with Gasteiger partial charge < -0.3 is 4.90 Å². The van der Waals surface area contributed by atoms with E-state index >= 15 is 0 Å². The fraction of sp³-hybridized carbons (Fsp3) is 0.412. The van der Waals surface area contributed by atoms with E-state index < -0.39 is 0 Å². The van der Waals surface area contributed by atoms with Gasteiger partial charge in [-0.15, -0.1) is 0 Å². The fourth-order valence-electron chi connectivity index (χ4n) is 3.43. The zero-order valence-corrected chi connectivity index (χ0v) is 13.5. The number of aromatic nitrogens is 5. The van der Waals surface area contributed by atoms with Crippen molar-refractivity contribution < 1.29 is 0 Å². The summed E-state index contributed by atoms with van der Waals surface area (Å²) in [5.74, 6) is 1.38. The van der Waals surface area contributed by atoms with Gasteiger partial charge in [0.2, 0.25) is 0 Å². The molecule has 0 amide bonds. The number of nitrogens with zero attached hydrogens (tertiary/aromatic N) is 6. The highest BCUT2D eigenvalue weighted by molar-refractivity contribution is 5.78. The number of pyridine rings is 1. The van der Waals surface area contributed by atoms with E-state index in [0.717, 1.165) is 54.2 Å². The maximum Gasteiger partial charge on any atom is 0.158 e. The van der Waals surface area contributed by atoms with Crippen LogP contribution in [-0.2, 0) is 7.05 Å². The predicted molar refractivity (Wildman–Crippen MR) is 89.5 cm³/mol. The molecule has 1 atom stereocenters. The molecule has 4 rings (SSSR count). The lowest BCUT2D eigenvalue weighted by Gasteiger charge is -2.33. The van der Waals surface area contributed by atoms with E-state index in [1.807, 2.05) is 24.9 Å². The van der Waals surface area contributed by atoms with Crippen LogP contribution in [0.15, 0.2) is 30.7 Å².